The van der Waals surface area contributed by atoms with Crippen molar-refractivity contribution < 1.29 is 9.53 Å². The van der Waals surface area contributed by atoms with E-state index in [1.54, 1.807) is 0 Å². The van der Waals surface area contributed by atoms with Gasteiger partial charge in [-0.15, -0.1) is 0 Å². The van der Waals surface area contributed by atoms with Crippen LogP contribution in [0, 0.1) is 0 Å². The molecule has 2 aromatic rings. The van der Waals surface area contributed by atoms with Crippen LogP contribution in [-0.2, 0) is 17.8 Å². The first-order valence-corrected chi connectivity index (χ1v) is 8.59. The minimum atomic E-state index is -0.0346. The number of nitrogens with zero attached hydrogens (tertiary/aromatic N) is 1. The predicted molar refractivity (Wildman–Crippen MR) is 96.2 cm³/mol. The number of hydrogen-bond donors (Lipinski definition) is 1. The number of nitrogens with one attached hydrogen (secondary N) is 1. The van der Waals surface area contributed by atoms with Crippen LogP contribution in [0.25, 0.3) is 0 Å². The molecule has 126 valence electrons. The van der Waals surface area contributed by atoms with E-state index in [4.69, 9.17) is 4.74 Å². The quantitative estimate of drug-likeness (QED) is 0.851. The summed E-state index contributed by atoms with van der Waals surface area (Å²) < 4.78 is 5.62. The number of aryl methyl sites for hydroxylation is 1. The highest BCUT2D eigenvalue weighted by Gasteiger charge is 2.20. The summed E-state index contributed by atoms with van der Waals surface area (Å²) in [6, 6.07) is 18.2. The lowest BCUT2D eigenvalue weighted by Crippen LogP contribution is -2.41. The van der Waals surface area contributed by atoms with Gasteiger partial charge in [0, 0.05) is 18.8 Å². The first-order valence-electron chi connectivity index (χ1n) is 8.59. The number of urea groups is 1. The fourth-order valence-electron chi connectivity index (χ4n) is 2.99. The second-order valence-electron chi connectivity index (χ2n) is 6.01. The largest absolute Gasteiger partial charge is 0.375 e. The van der Waals surface area contributed by atoms with Gasteiger partial charge in [-0.2, -0.15) is 0 Å². The Hall–Kier alpha value is -2.33. The zero-order valence-electron chi connectivity index (χ0n) is 13.9. The van der Waals surface area contributed by atoms with Gasteiger partial charge in [0.1, 0.15) is 0 Å². The van der Waals surface area contributed by atoms with E-state index in [-0.39, 0.29) is 6.03 Å². The highest BCUT2D eigenvalue weighted by Crippen LogP contribution is 2.25. The van der Waals surface area contributed by atoms with Crippen molar-refractivity contribution in [1.29, 1.82) is 0 Å². The minimum Gasteiger partial charge on any atom is -0.375 e. The van der Waals surface area contributed by atoms with E-state index in [0.29, 0.717) is 19.8 Å². The highest BCUT2D eigenvalue weighted by atomic mass is 16.5. The molecule has 0 spiro atoms. The van der Waals surface area contributed by atoms with E-state index < -0.39 is 0 Å². The second kappa shape index (κ2) is 8.50. The Kier molecular flexibility index (Phi) is 5.85. The number of hydrogen-bond acceptors (Lipinski definition) is 2. The number of carbonyl (C=O) groups is 1. The standard InChI is InChI=1S/C20H24N2O2/c23-20(21-13-15-24-16-17-8-2-1-3-9-17)22-14-7-6-11-18-10-4-5-12-19(18)22/h1-5,8-10,12H,6-7,11,13-16H2,(H,21,23). The number of rotatable bonds is 5. The third-order valence-electron chi connectivity index (χ3n) is 4.24. The van der Waals surface area contributed by atoms with Gasteiger partial charge < -0.3 is 10.1 Å². The summed E-state index contributed by atoms with van der Waals surface area (Å²) >= 11 is 0. The van der Waals surface area contributed by atoms with E-state index in [9.17, 15) is 4.79 Å². The number of carbonyl (C=O) groups excluding carboxylic acids is 1. The SMILES string of the molecule is O=C(NCCOCc1ccccc1)N1CCCCc2ccccc21. The molecule has 0 bridgehead atoms. The fraction of sp³-hybridized carbons (Fsp3) is 0.350. The molecule has 0 aliphatic carbocycles. The van der Waals surface area contributed by atoms with Crippen LogP contribution in [0.3, 0.4) is 0 Å². The minimum absolute atomic E-state index is 0.0346. The maximum atomic E-state index is 12.5. The average molecular weight is 324 g/mol. The molecule has 1 heterocycles. The van der Waals surface area contributed by atoms with Crippen LogP contribution in [0.4, 0.5) is 10.5 Å². The van der Waals surface area contributed by atoms with Gasteiger partial charge in [0.2, 0.25) is 0 Å². The van der Waals surface area contributed by atoms with E-state index in [1.807, 2.05) is 53.4 Å². The van der Waals surface area contributed by atoms with Crippen LogP contribution in [0.15, 0.2) is 54.6 Å². The number of ether oxygens (including phenoxy) is 1. The molecule has 4 heteroatoms. The van der Waals surface area contributed by atoms with Gasteiger partial charge in [-0.25, -0.2) is 4.79 Å². The Morgan fingerprint density at radius 1 is 1.04 bits per heavy atom. The fourth-order valence-corrected chi connectivity index (χ4v) is 2.99. The van der Waals surface area contributed by atoms with Crippen LogP contribution in [0.1, 0.15) is 24.0 Å². The molecule has 0 saturated carbocycles. The first-order chi connectivity index (χ1) is 11.8. The maximum Gasteiger partial charge on any atom is 0.321 e. The molecule has 0 radical (unpaired) electrons. The topological polar surface area (TPSA) is 41.6 Å². The Morgan fingerprint density at radius 3 is 2.71 bits per heavy atom. The summed E-state index contributed by atoms with van der Waals surface area (Å²) in [6.45, 7) is 2.37. The molecule has 24 heavy (non-hydrogen) atoms. The summed E-state index contributed by atoms with van der Waals surface area (Å²) in [7, 11) is 0. The van der Waals surface area contributed by atoms with Gasteiger partial charge in [0.15, 0.2) is 0 Å². The molecule has 3 rings (SSSR count). The number of benzene rings is 2. The Bertz CT molecular complexity index is 658. The summed E-state index contributed by atoms with van der Waals surface area (Å²) in [5, 5.41) is 2.97. The molecular formula is C20H24N2O2. The number of anilines is 1. The van der Waals surface area contributed by atoms with Crippen molar-refractivity contribution in [2.24, 2.45) is 0 Å². The molecule has 0 atom stereocenters. The molecule has 0 saturated heterocycles. The van der Waals surface area contributed by atoms with Gasteiger partial charge >= 0.3 is 6.03 Å². The van der Waals surface area contributed by atoms with E-state index in [0.717, 1.165) is 37.1 Å². The third-order valence-corrected chi connectivity index (χ3v) is 4.24. The Balaban J connectivity index is 1.47. The van der Waals surface area contributed by atoms with Crippen LogP contribution in [0.2, 0.25) is 0 Å². The molecule has 0 fully saturated rings. The zero-order valence-corrected chi connectivity index (χ0v) is 13.9. The third kappa shape index (κ3) is 4.36. The summed E-state index contributed by atoms with van der Waals surface area (Å²) in [6.07, 6.45) is 3.20. The van der Waals surface area contributed by atoms with E-state index in [1.165, 1.54) is 5.56 Å². The molecule has 2 aromatic carbocycles. The van der Waals surface area contributed by atoms with Gasteiger partial charge in [-0.3, -0.25) is 4.90 Å². The van der Waals surface area contributed by atoms with Crippen LogP contribution in [0.5, 0.6) is 0 Å². The monoisotopic (exact) mass is 324 g/mol. The molecule has 0 unspecified atom stereocenters. The highest BCUT2D eigenvalue weighted by molar-refractivity contribution is 5.92. The summed E-state index contributed by atoms with van der Waals surface area (Å²) in [5.74, 6) is 0. The predicted octanol–water partition coefficient (Wildman–Crippen LogP) is 3.76. The van der Waals surface area contributed by atoms with Crippen molar-refractivity contribution in [3.63, 3.8) is 0 Å². The van der Waals surface area contributed by atoms with Crippen molar-refractivity contribution in [1.82, 2.24) is 5.32 Å². The smallest absolute Gasteiger partial charge is 0.321 e. The van der Waals surface area contributed by atoms with Crippen LogP contribution >= 0.6 is 0 Å². The molecule has 1 aliphatic rings. The van der Waals surface area contributed by atoms with Crippen LogP contribution < -0.4 is 10.2 Å². The Morgan fingerprint density at radius 2 is 1.83 bits per heavy atom. The molecule has 2 amide bonds. The van der Waals surface area contributed by atoms with E-state index in [2.05, 4.69) is 11.4 Å². The van der Waals surface area contributed by atoms with Crippen LogP contribution in [-0.4, -0.2) is 25.7 Å². The van der Waals surface area contributed by atoms with Crippen molar-refractivity contribution in [3.05, 3.63) is 65.7 Å². The average Bonchev–Trinajstić information content (AvgIpc) is 2.85. The lowest BCUT2D eigenvalue weighted by atomic mass is 10.1. The first kappa shape index (κ1) is 16.5. The number of fused-ring (bicyclic) bond motifs is 1. The van der Waals surface area contributed by atoms with Gasteiger partial charge in [0.25, 0.3) is 0 Å². The lowest BCUT2D eigenvalue weighted by molar-refractivity contribution is 0.123. The second-order valence-corrected chi connectivity index (χ2v) is 6.01. The Labute approximate surface area is 143 Å². The molecule has 4 nitrogen and oxygen atoms in total. The summed E-state index contributed by atoms with van der Waals surface area (Å²) in [5.41, 5.74) is 3.44. The zero-order chi connectivity index (χ0) is 16.6. The van der Waals surface area contributed by atoms with Crippen molar-refractivity contribution >= 4 is 11.7 Å². The maximum absolute atomic E-state index is 12.5. The van der Waals surface area contributed by atoms with Crippen molar-refractivity contribution in [3.8, 4) is 0 Å². The van der Waals surface area contributed by atoms with Gasteiger partial charge in [0.05, 0.1) is 13.2 Å². The van der Waals surface area contributed by atoms with Crippen molar-refractivity contribution in [2.45, 2.75) is 25.9 Å². The normalized spacial score (nSPS) is 13.9. The summed E-state index contributed by atoms with van der Waals surface area (Å²) in [4.78, 5) is 14.4. The molecular weight excluding hydrogens is 300 g/mol. The van der Waals surface area contributed by atoms with E-state index >= 15 is 0 Å². The van der Waals surface area contributed by atoms with Gasteiger partial charge in [-0.1, -0.05) is 48.5 Å². The molecule has 0 aromatic heterocycles. The molecule has 1 N–H and O–H groups in total. The lowest BCUT2D eigenvalue weighted by Gasteiger charge is -2.23. The number of para-hydroxylation sites is 1. The van der Waals surface area contributed by atoms with Crippen molar-refractivity contribution in [2.75, 3.05) is 24.6 Å². The number of amides is 2. The molecule has 1 aliphatic heterocycles. The van der Waals surface area contributed by atoms with Gasteiger partial charge in [-0.05, 0) is 36.5 Å².